The van der Waals surface area contributed by atoms with E-state index in [4.69, 9.17) is 4.74 Å². The second kappa shape index (κ2) is 6.69. The van der Waals surface area contributed by atoms with Crippen LogP contribution in [0.25, 0.3) is 0 Å². The smallest absolute Gasteiger partial charge is 0.0712 e. The molecule has 0 aromatic rings. The molecule has 4 nitrogen and oxygen atoms in total. The zero-order chi connectivity index (χ0) is 12.1. The highest BCUT2D eigenvalue weighted by Crippen LogP contribution is 2.18. The molecule has 2 heterocycles. The van der Waals surface area contributed by atoms with Crippen molar-refractivity contribution in [1.29, 1.82) is 0 Å². The predicted octanol–water partition coefficient (Wildman–Crippen LogP) is 0.391. The first-order valence-electron chi connectivity index (χ1n) is 6.97. The number of likely N-dealkylation sites (N-methyl/N-ethyl adjacent to an activating group) is 1. The molecule has 0 aromatic heterocycles. The fourth-order valence-electron chi connectivity index (χ4n) is 2.93. The van der Waals surface area contributed by atoms with Gasteiger partial charge in [-0.3, -0.25) is 4.90 Å². The van der Waals surface area contributed by atoms with Gasteiger partial charge < -0.3 is 15.0 Å². The Bertz CT molecular complexity index is 217. The molecule has 100 valence electrons. The lowest BCUT2D eigenvalue weighted by Gasteiger charge is -2.30. The van der Waals surface area contributed by atoms with Gasteiger partial charge in [0, 0.05) is 32.2 Å². The first-order valence-corrected chi connectivity index (χ1v) is 6.97. The molecule has 0 amide bonds. The largest absolute Gasteiger partial charge is 0.376 e. The van der Waals surface area contributed by atoms with E-state index in [9.17, 15) is 0 Å². The highest BCUT2D eigenvalue weighted by molar-refractivity contribution is 4.82. The molecular weight excluding hydrogens is 214 g/mol. The van der Waals surface area contributed by atoms with Gasteiger partial charge >= 0.3 is 0 Å². The fraction of sp³-hybridized carbons (Fsp3) is 1.00. The van der Waals surface area contributed by atoms with E-state index < -0.39 is 0 Å². The number of morpholine rings is 1. The molecule has 2 fully saturated rings. The van der Waals surface area contributed by atoms with Gasteiger partial charge in [0.1, 0.15) is 0 Å². The number of ether oxygens (including phenoxy) is 1. The molecule has 0 aliphatic carbocycles. The third-order valence-electron chi connectivity index (χ3n) is 3.82. The highest BCUT2D eigenvalue weighted by atomic mass is 16.5. The molecule has 0 saturated carbocycles. The molecule has 0 bridgehead atoms. The molecule has 2 unspecified atom stereocenters. The van der Waals surface area contributed by atoms with Crippen LogP contribution in [0, 0.1) is 0 Å². The molecule has 2 aliphatic rings. The summed E-state index contributed by atoms with van der Waals surface area (Å²) in [5.74, 6) is 0. The van der Waals surface area contributed by atoms with Gasteiger partial charge in [0.05, 0.1) is 12.7 Å². The molecule has 0 radical (unpaired) electrons. The van der Waals surface area contributed by atoms with Gasteiger partial charge in [-0.05, 0) is 39.9 Å². The van der Waals surface area contributed by atoms with Gasteiger partial charge in [-0.2, -0.15) is 0 Å². The van der Waals surface area contributed by atoms with Crippen LogP contribution in [0.3, 0.4) is 0 Å². The lowest BCUT2D eigenvalue weighted by Crippen LogP contribution is -2.42. The van der Waals surface area contributed by atoms with E-state index in [1.165, 1.54) is 38.9 Å². The third kappa shape index (κ3) is 4.21. The maximum atomic E-state index is 5.75. The maximum absolute atomic E-state index is 5.75. The van der Waals surface area contributed by atoms with Gasteiger partial charge in [-0.1, -0.05) is 0 Å². The summed E-state index contributed by atoms with van der Waals surface area (Å²) in [5, 5.41) is 3.40. The minimum Gasteiger partial charge on any atom is -0.376 e. The van der Waals surface area contributed by atoms with E-state index in [2.05, 4.69) is 29.2 Å². The number of hydrogen-bond donors (Lipinski definition) is 1. The summed E-state index contributed by atoms with van der Waals surface area (Å²) in [6, 6.07) is 0.765. The topological polar surface area (TPSA) is 27.7 Å². The Balaban J connectivity index is 1.69. The van der Waals surface area contributed by atoms with Crippen LogP contribution >= 0.6 is 0 Å². The van der Waals surface area contributed by atoms with Gasteiger partial charge in [-0.25, -0.2) is 0 Å². The average Bonchev–Trinajstić information content (AvgIpc) is 2.74. The Kier molecular flexibility index (Phi) is 5.22. The van der Waals surface area contributed by atoms with Crippen molar-refractivity contribution < 1.29 is 4.74 Å². The number of hydrogen-bond acceptors (Lipinski definition) is 4. The van der Waals surface area contributed by atoms with Crippen molar-refractivity contribution in [2.24, 2.45) is 0 Å². The molecular formula is C13H27N3O. The van der Waals surface area contributed by atoms with Crippen molar-refractivity contribution in [3.05, 3.63) is 0 Å². The van der Waals surface area contributed by atoms with Crippen molar-refractivity contribution in [2.75, 3.05) is 53.4 Å². The Morgan fingerprint density at radius 1 is 1.41 bits per heavy atom. The molecule has 0 aromatic carbocycles. The summed E-state index contributed by atoms with van der Waals surface area (Å²) >= 11 is 0. The van der Waals surface area contributed by atoms with Crippen LogP contribution in [0.15, 0.2) is 0 Å². The highest BCUT2D eigenvalue weighted by Gasteiger charge is 2.25. The van der Waals surface area contributed by atoms with Crippen LogP contribution in [0.2, 0.25) is 0 Å². The van der Waals surface area contributed by atoms with Crippen LogP contribution < -0.4 is 5.32 Å². The Hall–Kier alpha value is -0.160. The number of rotatable bonds is 5. The summed E-state index contributed by atoms with van der Waals surface area (Å²) in [6.45, 7) is 6.61. The van der Waals surface area contributed by atoms with Crippen LogP contribution in [0.4, 0.5) is 0 Å². The van der Waals surface area contributed by atoms with Gasteiger partial charge in [0.15, 0.2) is 0 Å². The Morgan fingerprint density at radius 2 is 2.29 bits per heavy atom. The van der Waals surface area contributed by atoms with E-state index in [0.29, 0.717) is 6.10 Å². The first kappa shape index (κ1) is 13.3. The number of nitrogens with one attached hydrogen (secondary N) is 1. The SMILES string of the molecule is CN(C)CC1CCCN1CCC1CNCCO1. The van der Waals surface area contributed by atoms with Crippen molar-refractivity contribution >= 4 is 0 Å². The molecule has 1 N–H and O–H groups in total. The van der Waals surface area contributed by atoms with Crippen LogP contribution in [-0.2, 0) is 4.74 Å². The quantitative estimate of drug-likeness (QED) is 0.754. The average molecular weight is 241 g/mol. The van der Waals surface area contributed by atoms with E-state index in [1.807, 2.05) is 0 Å². The molecule has 2 rings (SSSR count). The molecule has 17 heavy (non-hydrogen) atoms. The maximum Gasteiger partial charge on any atom is 0.0712 e. The monoisotopic (exact) mass is 241 g/mol. The van der Waals surface area contributed by atoms with Crippen molar-refractivity contribution in [3.8, 4) is 0 Å². The molecule has 0 spiro atoms. The van der Waals surface area contributed by atoms with Crippen LogP contribution in [-0.4, -0.2) is 75.4 Å². The lowest BCUT2D eigenvalue weighted by molar-refractivity contribution is 0.0161. The first-order chi connectivity index (χ1) is 8.25. The van der Waals surface area contributed by atoms with E-state index >= 15 is 0 Å². The van der Waals surface area contributed by atoms with Gasteiger partial charge in [0.25, 0.3) is 0 Å². The molecule has 2 aliphatic heterocycles. The van der Waals surface area contributed by atoms with Crippen molar-refractivity contribution in [2.45, 2.75) is 31.4 Å². The Morgan fingerprint density at radius 3 is 3.00 bits per heavy atom. The fourth-order valence-corrected chi connectivity index (χ4v) is 2.93. The Labute approximate surface area is 105 Å². The summed E-state index contributed by atoms with van der Waals surface area (Å²) in [6.07, 6.45) is 4.34. The number of likely N-dealkylation sites (tertiary alicyclic amines) is 1. The van der Waals surface area contributed by atoms with Crippen molar-refractivity contribution in [1.82, 2.24) is 15.1 Å². The minimum atomic E-state index is 0.435. The third-order valence-corrected chi connectivity index (χ3v) is 3.82. The normalized spacial score (nSPS) is 31.2. The second-order valence-corrected chi connectivity index (χ2v) is 5.58. The zero-order valence-corrected chi connectivity index (χ0v) is 11.3. The summed E-state index contributed by atoms with van der Waals surface area (Å²) < 4.78 is 5.75. The number of nitrogens with zero attached hydrogens (tertiary/aromatic N) is 2. The second-order valence-electron chi connectivity index (χ2n) is 5.58. The van der Waals surface area contributed by atoms with Crippen LogP contribution in [0.5, 0.6) is 0 Å². The lowest BCUT2D eigenvalue weighted by atomic mass is 10.2. The van der Waals surface area contributed by atoms with Crippen molar-refractivity contribution in [3.63, 3.8) is 0 Å². The summed E-state index contributed by atoms with van der Waals surface area (Å²) in [5.41, 5.74) is 0. The summed E-state index contributed by atoms with van der Waals surface area (Å²) in [4.78, 5) is 4.96. The van der Waals surface area contributed by atoms with Gasteiger partial charge in [-0.15, -0.1) is 0 Å². The standard InChI is InChI=1S/C13H27N3O/c1-15(2)11-12-4-3-7-16(12)8-5-13-10-14-6-9-17-13/h12-14H,3-11H2,1-2H3. The predicted molar refractivity (Wildman–Crippen MR) is 70.4 cm³/mol. The molecule has 2 saturated heterocycles. The van der Waals surface area contributed by atoms with E-state index in [0.717, 1.165) is 25.7 Å². The molecule has 4 heteroatoms. The van der Waals surface area contributed by atoms with E-state index in [1.54, 1.807) is 0 Å². The minimum absolute atomic E-state index is 0.435. The summed E-state index contributed by atoms with van der Waals surface area (Å²) in [7, 11) is 4.34. The van der Waals surface area contributed by atoms with Crippen LogP contribution in [0.1, 0.15) is 19.3 Å². The zero-order valence-electron chi connectivity index (χ0n) is 11.3. The van der Waals surface area contributed by atoms with E-state index in [-0.39, 0.29) is 0 Å². The van der Waals surface area contributed by atoms with Gasteiger partial charge in [0.2, 0.25) is 0 Å². The molecule has 2 atom stereocenters.